The first kappa shape index (κ1) is 15.5. The van der Waals surface area contributed by atoms with E-state index >= 15 is 0 Å². The molecule has 0 saturated heterocycles. The monoisotopic (exact) mass is 295 g/mol. The number of halogens is 3. The number of carbonyl (C=O) groups excluding carboxylic acids is 1. The second kappa shape index (κ2) is 5.20. The van der Waals surface area contributed by atoms with Crippen molar-refractivity contribution in [2.75, 3.05) is 6.26 Å². The van der Waals surface area contributed by atoms with Gasteiger partial charge in [-0.1, -0.05) is 18.2 Å². The lowest BCUT2D eigenvalue weighted by Gasteiger charge is -2.17. The van der Waals surface area contributed by atoms with E-state index in [1.54, 1.807) is 4.72 Å². The van der Waals surface area contributed by atoms with Crippen molar-refractivity contribution in [3.8, 4) is 0 Å². The van der Waals surface area contributed by atoms with Crippen LogP contribution in [0.5, 0.6) is 0 Å². The average molecular weight is 295 g/mol. The Bertz CT molecular complexity index is 581. The second-order valence-electron chi connectivity index (χ2n) is 4.05. The lowest BCUT2D eigenvalue weighted by molar-refractivity contribution is -0.138. The third-order valence-electron chi connectivity index (χ3n) is 2.41. The predicted molar refractivity (Wildman–Crippen MR) is 62.8 cm³/mol. The lowest BCUT2D eigenvalue weighted by atomic mass is 9.95. The zero-order chi connectivity index (χ0) is 14.8. The van der Waals surface area contributed by atoms with Crippen LogP contribution in [0, 0.1) is 0 Å². The molecular formula is C11H12F3NO3S. The number of nitrogens with one attached hydrogen (secondary N) is 1. The van der Waals surface area contributed by atoms with Crippen molar-refractivity contribution in [1.82, 2.24) is 4.72 Å². The van der Waals surface area contributed by atoms with Gasteiger partial charge in [0.15, 0.2) is 0 Å². The molecule has 0 aromatic heterocycles. The van der Waals surface area contributed by atoms with Crippen molar-refractivity contribution in [1.29, 1.82) is 0 Å². The van der Waals surface area contributed by atoms with Gasteiger partial charge in [-0.25, -0.2) is 8.42 Å². The number of rotatable bonds is 3. The predicted octanol–water partition coefficient (Wildman–Crippen LogP) is 1.88. The number of hydrogen-bond acceptors (Lipinski definition) is 3. The molecule has 1 amide bonds. The summed E-state index contributed by atoms with van der Waals surface area (Å²) in [6, 6.07) is 4.55. The molecular weight excluding hydrogens is 283 g/mol. The van der Waals surface area contributed by atoms with E-state index in [1.165, 1.54) is 19.1 Å². The van der Waals surface area contributed by atoms with E-state index in [2.05, 4.69) is 0 Å². The van der Waals surface area contributed by atoms with Gasteiger partial charge >= 0.3 is 6.18 Å². The maximum Gasteiger partial charge on any atom is 0.416 e. The molecule has 0 aliphatic rings. The fraction of sp³-hybridized carbons (Fsp3) is 0.364. The molecule has 1 N–H and O–H groups in total. The minimum atomic E-state index is -4.60. The minimum absolute atomic E-state index is 0.267. The number of carbonyl (C=O) groups is 1. The Labute approximate surface area is 108 Å². The molecule has 1 rings (SSSR count). The Hall–Kier alpha value is -1.57. The number of alkyl halides is 3. The Kier molecular flexibility index (Phi) is 4.24. The van der Waals surface area contributed by atoms with Gasteiger partial charge in [0.1, 0.15) is 0 Å². The number of amides is 1. The summed E-state index contributed by atoms with van der Waals surface area (Å²) in [4.78, 5) is 11.6. The highest BCUT2D eigenvalue weighted by molar-refractivity contribution is 7.89. The first-order chi connectivity index (χ1) is 8.52. The van der Waals surface area contributed by atoms with Crippen LogP contribution in [0.2, 0.25) is 0 Å². The van der Waals surface area contributed by atoms with E-state index in [4.69, 9.17) is 0 Å². The molecule has 0 radical (unpaired) electrons. The third-order valence-corrected chi connectivity index (χ3v) is 2.98. The zero-order valence-corrected chi connectivity index (χ0v) is 11.0. The Morgan fingerprint density at radius 2 is 1.79 bits per heavy atom. The highest BCUT2D eigenvalue weighted by Crippen LogP contribution is 2.35. The van der Waals surface area contributed by atoms with Crippen molar-refractivity contribution < 1.29 is 26.4 Å². The van der Waals surface area contributed by atoms with Crippen LogP contribution in [-0.4, -0.2) is 20.6 Å². The van der Waals surface area contributed by atoms with Crippen molar-refractivity contribution in [2.24, 2.45) is 0 Å². The van der Waals surface area contributed by atoms with Crippen LogP contribution in [0.3, 0.4) is 0 Å². The molecule has 8 heteroatoms. The molecule has 0 aliphatic carbocycles. The summed E-state index contributed by atoms with van der Waals surface area (Å²) < 4.78 is 61.8. The molecule has 1 aromatic carbocycles. The first-order valence-electron chi connectivity index (χ1n) is 5.20. The largest absolute Gasteiger partial charge is 0.416 e. The third kappa shape index (κ3) is 4.23. The van der Waals surface area contributed by atoms with E-state index in [1.807, 2.05) is 0 Å². The van der Waals surface area contributed by atoms with Crippen LogP contribution >= 0.6 is 0 Å². The Morgan fingerprint density at radius 3 is 2.26 bits per heavy atom. The average Bonchev–Trinajstić information content (AvgIpc) is 2.24. The lowest BCUT2D eigenvalue weighted by Crippen LogP contribution is -2.33. The van der Waals surface area contributed by atoms with Crippen molar-refractivity contribution in [3.05, 3.63) is 35.4 Å². The standard InChI is InChI=1S/C11H12F3NO3S/c1-7(10(16)15-19(2,17)18)8-5-3-4-6-9(8)11(12,13)14/h3-7H,1-2H3,(H,15,16). The molecule has 1 aromatic rings. The Balaban J connectivity index is 3.14. The summed E-state index contributed by atoms with van der Waals surface area (Å²) in [6.45, 7) is 1.21. The van der Waals surface area contributed by atoms with Gasteiger partial charge < -0.3 is 0 Å². The van der Waals surface area contributed by atoms with Crippen LogP contribution in [-0.2, 0) is 21.0 Å². The van der Waals surface area contributed by atoms with E-state index in [0.29, 0.717) is 0 Å². The van der Waals surface area contributed by atoms with Gasteiger partial charge in [0, 0.05) is 0 Å². The fourth-order valence-corrected chi connectivity index (χ4v) is 2.09. The fourth-order valence-electron chi connectivity index (χ4n) is 1.55. The smallest absolute Gasteiger partial charge is 0.273 e. The van der Waals surface area contributed by atoms with Crippen LogP contribution in [0.25, 0.3) is 0 Å². The van der Waals surface area contributed by atoms with Gasteiger partial charge in [0.05, 0.1) is 17.7 Å². The summed E-state index contributed by atoms with van der Waals surface area (Å²) in [7, 11) is -3.81. The van der Waals surface area contributed by atoms with E-state index < -0.39 is 33.6 Å². The van der Waals surface area contributed by atoms with Gasteiger partial charge in [-0.15, -0.1) is 0 Å². The quantitative estimate of drug-likeness (QED) is 0.926. The summed E-state index contributed by atoms with van der Waals surface area (Å²) >= 11 is 0. The zero-order valence-electron chi connectivity index (χ0n) is 10.2. The second-order valence-corrected chi connectivity index (χ2v) is 5.79. The molecule has 1 atom stereocenters. The molecule has 0 heterocycles. The number of sulfonamides is 1. The van der Waals surface area contributed by atoms with Crippen LogP contribution < -0.4 is 4.72 Å². The Morgan fingerprint density at radius 1 is 1.26 bits per heavy atom. The molecule has 0 bridgehead atoms. The molecule has 0 aliphatic heterocycles. The summed E-state index contributed by atoms with van der Waals surface area (Å²) in [6.07, 6.45) is -3.84. The van der Waals surface area contributed by atoms with Gasteiger partial charge in [0.25, 0.3) is 0 Å². The van der Waals surface area contributed by atoms with Crippen molar-refractivity contribution in [2.45, 2.75) is 19.0 Å². The van der Waals surface area contributed by atoms with Gasteiger partial charge in [0.2, 0.25) is 15.9 Å². The van der Waals surface area contributed by atoms with Gasteiger partial charge in [-0.05, 0) is 18.6 Å². The van der Waals surface area contributed by atoms with Crippen molar-refractivity contribution in [3.63, 3.8) is 0 Å². The molecule has 19 heavy (non-hydrogen) atoms. The summed E-state index contributed by atoms with van der Waals surface area (Å²) in [5.41, 5.74) is -1.22. The van der Waals surface area contributed by atoms with Crippen molar-refractivity contribution >= 4 is 15.9 Å². The van der Waals surface area contributed by atoms with E-state index in [0.717, 1.165) is 18.4 Å². The minimum Gasteiger partial charge on any atom is -0.273 e. The SMILES string of the molecule is CC(C(=O)NS(C)(=O)=O)c1ccccc1C(F)(F)F. The topological polar surface area (TPSA) is 63.2 Å². The van der Waals surface area contributed by atoms with E-state index in [9.17, 15) is 26.4 Å². The molecule has 0 fully saturated rings. The van der Waals surface area contributed by atoms with Gasteiger partial charge in [-0.3, -0.25) is 9.52 Å². The molecule has 4 nitrogen and oxygen atoms in total. The molecule has 106 valence electrons. The molecule has 1 unspecified atom stereocenters. The van der Waals surface area contributed by atoms with Gasteiger partial charge in [-0.2, -0.15) is 13.2 Å². The van der Waals surface area contributed by atoms with Crippen LogP contribution in [0.1, 0.15) is 24.0 Å². The number of hydrogen-bond donors (Lipinski definition) is 1. The molecule has 0 saturated carbocycles. The van der Waals surface area contributed by atoms with E-state index in [-0.39, 0.29) is 5.56 Å². The van der Waals surface area contributed by atoms with Crippen LogP contribution in [0.4, 0.5) is 13.2 Å². The summed E-state index contributed by atoms with van der Waals surface area (Å²) in [5, 5.41) is 0. The first-order valence-corrected chi connectivity index (χ1v) is 7.09. The van der Waals surface area contributed by atoms with Crippen LogP contribution in [0.15, 0.2) is 24.3 Å². The molecule has 0 spiro atoms. The normalized spacial score (nSPS) is 13.9. The maximum absolute atomic E-state index is 12.8. The summed E-state index contributed by atoms with van der Waals surface area (Å²) in [5.74, 6) is -2.23. The maximum atomic E-state index is 12.8. The highest BCUT2D eigenvalue weighted by atomic mass is 32.2. The number of benzene rings is 1. The highest BCUT2D eigenvalue weighted by Gasteiger charge is 2.35.